The van der Waals surface area contributed by atoms with Gasteiger partial charge in [-0.2, -0.15) is 0 Å². The number of hydrogen-bond acceptors (Lipinski definition) is 7. The van der Waals surface area contributed by atoms with Crippen molar-refractivity contribution in [3.63, 3.8) is 0 Å². The first-order chi connectivity index (χ1) is 8.56. The van der Waals surface area contributed by atoms with E-state index in [9.17, 15) is 10.1 Å². The van der Waals surface area contributed by atoms with E-state index in [0.29, 0.717) is 18.2 Å². The molecule has 2 aromatic heterocycles. The molecule has 0 spiro atoms. The number of nitrogens with two attached hydrogens (primary N) is 1. The highest BCUT2D eigenvalue weighted by Crippen LogP contribution is 2.18. The lowest BCUT2D eigenvalue weighted by Gasteiger charge is -2.05. The van der Waals surface area contributed by atoms with Gasteiger partial charge < -0.3 is 15.6 Å². The Morgan fingerprint density at radius 2 is 2.33 bits per heavy atom. The van der Waals surface area contributed by atoms with E-state index in [1.807, 2.05) is 0 Å². The van der Waals surface area contributed by atoms with Gasteiger partial charge in [0.05, 0.1) is 23.6 Å². The van der Waals surface area contributed by atoms with E-state index in [0.717, 1.165) is 0 Å². The molecule has 0 aliphatic carbocycles. The van der Waals surface area contributed by atoms with Crippen molar-refractivity contribution < 1.29 is 4.92 Å². The molecule has 2 aromatic rings. The average Bonchev–Trinajstić information content (AvgIpc) is 2.71. The van der Waals surface area contributed by atoms with E-state index in [1.165, 1.54) is 12.1 Å². The third kappa shape index (κ3) is 2.51. The molecular formula is C9H11N7O2. The Labute approximate surface area is 102 Å². The van der Waals surface area contributed by atoms with Crippen molar-refractivity contribution in [2.75, 3.05) is 11.1 Å². The molecule has 2 rings (SSSR count). The molecule has 0 saturated carbocycles. The molecule has 3 N–H and O–H groups in total. The van der Waals surface area contributed by atoms with Crippen molar-refractivity contribution in [3.05, 3.63) is 34.4 Å². The number of hydrogen-bond donors (Lipinski definition) is 2. The van der Waals surface area contributed by atoms with Crippen LogP contribution in [0.5, 0.6) is 0 Å². The Bertz CT molecular complexity index is 580. The van der Waals surface area contributed by atoms with Crippen LogP contribution in [0.4, 0.5) is 17.3 Å². The Morgan fingerprint density at radius 1 is 1.56 bits per heavy atom. The summed E-state index contributed by atoms with van der Waals surface area (Å²) in [6.45, 7) is 0.351. The van der Waals surface area contributed by atoms with Gasteiger partial charge in [-0.1, -0.05) is 0 Å². The maximum atomic E-state index is 10.7. The van der Waals surface area contributed by atoms with Gasteiger partial charge in [0.1, 0.15) is 18.0 Å². The fraction of sp³-hybridized carbons (Fsp3) is 0.222. The van der Waals surface area contributed by atoms with Crippen LogP contribution in [0.1, 0.15) is 5.82 Å². The molecule has 0 amide bonds. The number of nitrogen functional groups attached to an aromatic ring is 1. The number of aromatic nitrogens is 4. The lowest BCUT2D eigenvalue weighted by atomic mass is 10.3. The number of aryl methyl sites for hydroxylation is 1. The molecule has 9 nitrogen and oxygen atoms in total. The van der Waals surface area contributed by atoms with Crippen LogP contribution >= 0.6 is 0 Å². The molecule has 0 aliphatic rings. The molecule has 0 saturated heterocycles. The first-order valence-corrected chi connectivity index (χ1v) is 5.05. The Hall–Kier alpha value is -2.71. The molecule has 0 fully saturated rings. The second-order valence-corrected chi connectivity index (χ2v) is 3.60. The summed E-state index contributed by atoms with van der Waals surface area (Å²) in [5.41, 5.74) is 5.38. The zero-order valence-electron chi connectivity index (χ0n) is 9.57. The maximum Gasteiger partial charge on any atom is 0.276 e. The predicted octanol–water partition coefficient (Wildman–Crippen LogP) is 0.313. The minimum absolute atomic E-state index is 0.0877. The van der Waals surface area contributed by atoms with E-state index in [4.69, 9.17) is 5.73 Å². The van der Waals surface area contributed by atoms with Crippen LogP contribution in [-0.4, -0.2) is 24.7 Å². The van der Waals surface area contributed by atoms with Crippen LogP contribution in [0.25, 0.3) is 0 Å². The highest BCUT2D eigenvalue weighted by molar-refractivity contribution is 5.52. The van der Waals surface area contributed by atoms with E-state index in [-0.39, 0.29) is 11.5 Å². The number of nitrogens with one attached hydrogen (secondary N) is 1. The molecular weight excluding hydrogens is 238 g/mol. The minimum Gasteiger partial charge on any atom is -0.383 e. The van der Waals surface area contributed by atoms with E-state index in [2.05, 4.69) is 20.5 Å². The van der Waals surface area contributed by atoms with Gasteiger partial charge in [0.15, 0.2) is 5.82 Å². The molecule has 0 bridgehead atoms. The van der Waals surface area contributed by atoms with Crippen LogP contribution in [-0.2, 0) is 13.6 Å². The topological polar surface area (TPSA) is 125 Å². The highest BCUT2D eigenvalue weighted by Gasteiger charge is 2.10. The van der Waals surface area contributed by atoms with Gasteiger partial charge in [-0.15, -0.1) is 10.2 Å². The van der Waals surface area contributed by atoms with Crippen LogP contribution in [0.2, 0.25) is 0 Å². The summed E-state index contributed by atoms with van der Waals surface area (Å²) >= 11 is 0. The first-order valence-electron chi connectivity index (χ1n) is 5.05. The standard InChI is InChI=1S/C9H11N7O2/c1-15-5-12-14-9(15)4-11-8-3-6(16(17)18)2-7(10)13-8/h2-3,5H,4H2,1H3,(H3,10,11,13). The van der Waals surface area contributed by atoms with Gasteiger partial charge in [-0.05, 0) is 0 Å². The van der Waals surface area contributed by atoms with Crippen LogP contribution in [0.3, 0.4) is 0 Å². The summed E-state index contributed by atoms with van der Waals surface area (Å²) < 4.78 is 1.73. The summed E-state index contributed by atoms with van der Waals surface area (Å²) in [6, 6.07) is 2.51. The van der Waals surface area contributed by atoms with Gasteiger partial charge in [0.2, 0.25) is 0 Å². The third-order valence-corrected chi connectivity index (χ3v) is 2.27. The van der Waals surface area contributed by atoms with E-state index in [1.54, 1.807) is 17.9 Å². The van der Waals surface area contributed by atoms with Gasteiger partial charge in [0.25, 0.3) is 5.69 Å². The highest BCUT2D eigenvalue weighted by atomic mass is 16.6. The molecule has 18 heavy (non-hydrogen) atoms. The molecule has 0 aliphatic heterocycles. The van der Waals surface area contributed by atoms with Crippen molar-refractivity contribution in [3.8, 4) is 0 Å². The maximum absolute atomic E-state index is 10.7. The summed E-state index contributed by atoms with van der Waals surface area (Å²) in [5.74, 6) is 1.09. The van der Waals surface area contributed by atoms with Gasteiger partial charge in [-0.3, -0.25) is 10.1 Å². The van der Waals surface area contributed by atoms with Crippen molar-refractivity contribution in [1.29, 1.82) is 0 Å². The fourth-order valence-corrected chi connectivity index (χ4v) is 1.37. The molecule has 94 valence electrons. The number of nitrogens with zero attached hydrogens (tertiary/aromatic N) is 5. The Morgan fingerprint density at radius 3 is 2.94 bits per heavy atom. The second kappa shape index (κ2) is 4.65. The van der Waals surface area contributed by atoms with E-state index < -0.39 is 4.92 Å². The lowest BCUT2D eigenvalue weighted by Crippen LogP contribution is -2.08. The van der Waals surface area contributed by atoms with Crippen LogP contribution in [0, 0.1) is 10.1 Å². The average molecular weight is 249 g/mol. The normalized spacial score (nSPS) is 10.3. The Kier molecular flexibility index (Phi) is 3.04. The minimum atomic E-state index is -0.522. The molecule has 0 aromatic carbocycles. The van der Waals surface area contributed by atoms with Gasteiger partial charge in [-0.25, -0.2) is 4.98 Å². The zero-order chi connectivity index (χ0) is 13.1. The van der Waals surface area contributed by atoms with Crippen molar-refractivity contribution in [1.82, 2.24) is 19.7 Å². The molecule has 2 heterocycles. The van der Waals surface area contributed by atoms with Crippen LogP contribution in [0.15, 0.2) is 18.5 Å². The fourth-order valence-electron chi connectivity index (χ4n) is 1.37. The summed E-state index contributed by atoms with van der Waals surface area (Å²) in [7, 11) is 1.80. The molecule has 0 atom stereocenters. The lowest BCUT2D eigenvalue weighted by molar-refractivity contribution is -0.384. The van der Waals surface area contributed by atoms with E-state index >= 15 is 0 Å². The number of nitro groups is 1. The Balaban J connectivity index is 2.14. The van der Waals surface area contributed by atoms with Gasteiger partial charge in [0, 0.05) is 7.05 Å². The molecule has 9 heteroatoms. The van der Waals surface area contributed by atoms with Crippen molar-refractivity contribution in [2.45, 2.75) is 6.54 Å². The molecule has 0 radical (unpaired) electrons. The number of rotatable bonds is 4. The monoisotopic (exact) mass is 249 g/mol. The SMILES string of the molecule is Cn1cnnc1CNc1cc([N+](=O)[O-])cc(N)n1. The smallest absolute Gasteiger partial charge is 0.276 e. The second-order valence-electron chi connectivity index (χ2n) is 3.60. The van der Waals surface area contributed by atoms with Crippen molar-refractivity contribution >= 4 is 17.3 Å². The van der Waals surface area contributed by atoms with Gasteiger partial charge >= 0.3 is 0 Å². The zero-order valence-corrected chi connectivity index (χ0v) is 9.57. The predicted molar refractivity (Wildman–Crippen MR) is 63.6 cm³/mol. The molecule has 0 unspecified atom stereocenters. The quantitative estimate of drug-likeness (QED) is 0.590. The van der Waals surface area contributed by atoms with Crippen molar-refractivity contribution in [2.24, 2.45) is 7.05 Å². The largest absolute Gasteiger partial charge is 0.383 e. The summed E-state index contributed by atoms with van der Waals surface area (Å²) in [6.07, 6.45) is 1.56. The number of pyridine rings is 1. The number of anilines is 2. The third-order valence-electron chi connectivity index (χ3n) is 2.27. The summed E-state index contributed by atoms with van der Waals surface area (Å²) in [5, 5.41) is 21.2. The van der Waals surface area contributed by atoms with Crippen LogP contribution < -0.4 is 11.1 Å². The summed E-state index contributed by atoms with van der Waals surface area (Å²) in [4.78, 5) is 14.1. The first kappa shape index (κ1) is 11.8.